The Labute approximate surface area is 206 Å². The van der Waals surface area contributed by atoms with Crippen LogP contribution in [-0.4, -0.2) is 49.2 Å². The summed E-state index contributed by atoms with van der Waals surface area (Å²) in [6.45, 7) is 10.6. The van der Waals surface area contributed by atoms with Crippen molar-refractivity contribution in [2.45, 2.75) is 59.6 Å². The number of pyridine rings is 1. The number of amides is 1. The summed E-state index contributed by atoms with van der Waals surface area (Å²) in [4.78, 5) is 41.8. The molecular weight excluding hydrogens is 452 g/mol. The van der Waals surface area contributed by atoms with Gasteiger partial charge in [0.25, 0.3) is 5.91 Å². The molecule has 0 spiro atoms. The predicted octanol–water partition coefficient (Wildman–Crippen LogP) is 3.82. The number of nitrogens with zero attached hydrogens (tertiary/aromatic N) is 1. The normalized spacial score (nSPS) is 13.4. The molecule has 9 heteroatoms. The molecule has 1 amide bonds. The van der Waals surface area contributed by atoms with Crippen molar-refractivity contribution in [3.05, 3.63) is 47.3 Å². The average molecular weight is 487 g/mol. The first-order chi connectivity index (χ1) is 16.5. The molecule has 190 valence electrons. The molecule has 2 rings (SSSR count). The minimum absolute atomic E-state index is 0.0881. The molecule has 1 heterocycles. The van der Waals surface area contributed by atoms with Crippen molar-refractivity contribution < 1.29 is 33.3 Å². The molecule has 0 aliphatic carbocycles. The molecule has 0 saturated heterocycles. The summed E-state index contributed by atoms with van der Waals surface area (Å²) >= 11 is 0. The van der Waals surface area contributed by atoms with Crippen LogP contribution in [0.5, 0.6) is 17.2 Å². The third-order valence-electron chi connectivity index (χ3n) is 5.65. The maximum Gasteiger partial charge on any atom is 0.328 e. The topological polar surface area (TPSA) is 113 Å². The first-order valence-corrected chi connectivity index (χ1v) is 11.4. The van der Waals surface area contributed by atoms with E-state index in [-0.39, 0.29) is 23.1 Å². The number of hydrogen-bond donors (Lipinski definition) is 1. The molecule has 0 bridgehead atoms. The molecule has 0 saturated carbocycles. The highest BCUT2D eigenvalue weighted by molar-refractivity contribution is 5.98. The van der Waals surface area contributed by atoms with Gasteiger partial charge in [0.15, 0.2) is 11.4 Å². The summed E-state index contributed by atoms with van der Waals surface area (Å²) in [5.41, 5.74) is 1.88. The van der Waals surface area contributed by atoms with Crippen molar-refractivity contribution >= 4 is 17.8 Å². The van der Waals surface area contributed by atoms with E-state index in [2.05, 4.69) is 10.3 Å². The van der Waals surface area contributed by atoms with E-state index >= 15 is 0 Å². The van der Waals surface area contributed by atoms with E-state index in [9.17, 15) is 14.4 Å². The van der Waals surface area contributed by atoms with Crippen molar-refractivity contribution in [1.29, 1.82) is 0 Å². The number of aryl methyl sites for hydroxylation is 1. The van der Waals surface area contributed by atoms with Gasteiger partial charge in [-0.2, -0.15) is 0 Å². The molecule has 9 nitrogen and oxygen atoms in total. The first-order valence-electron chi connectivity index (χ1n) is 11.4. The maximum absolute atomic E-state index is 12.9. The number of benzene rings is 1. The van der Waals surface area contributed by atoms with Crippen molar-refractivity contribution in [1.82, 2.24) is 10.3 Å². The lowest BCUT2D eigenvalue weighted by Gasteiger charge is -2.24. The van der Waals surface area contributed by atoms with Crippen LogP contribution in [0, 0.1) is 12.8 Å². The Morgan fingerprint density at radius 3 is 2.20 bits per heavy atom. The maximum atomic E-state index is 12.9. The predicted molar refractivity (Wildman–Crippen MR) is 130 cm³/mol. The van der Waals surface area contributed by atoms with Gasteiger partial charge in [0, 0.05) is 18.2 Å². The highest BCUT2D eigenvalue weighted by atomic mass is 16.6. The summed E-state index contributed by atoms with van der Waals surface area (Å²) in [7, 11) is 2.99. The quantitative estimate of drug-likeness (QED) is 0.504. The fourth-order valence-corrected chi connectivity index (χ4v) is 3.32. The van der Waals surface area contributed by atoms with Gasteiger partial charge in [-0.25, -0.2) is 9.78 Å². The molecule has 0 unspecified atom stereocenters. The van der Waals surface area contributed by atoms with Crippen LogP contribution in [0.3, 0.4) is 0 Å². The second-order valence-electron chi connectivity index (χ2n) is 8.62. The van der Waals surface area contributed by atoms with Gasteiger partial charge < -0.3 is 24.3 Å². The van der Waals surface area contributed by atoms with Crippen LogP contribution in [0.2, 0.25) is 0 Å². The second kappa shape index (κ2) is 12.2. The summed E-state index contributed by atoms with van der Waals surface area (Å²) in [6, 6.07) is 6.23. The van der Waals surface area contributed by atoms with E-state index in [4.69, 9.17) is 18.9 Å². The standard InChI is InChI=1S/C26H34N2O7/c1-14(2)25(30)35-23-21(33-8)11-12-27-22(23)24(29)28-17(5)26(31)34-18(6)16(4)20-10-9-19(32-7)13-15(20)3/h9-14,16-18H,1-8H3,(H,28,29)/t16-,17+,18+/m1/s1. The van der Waals surface area contributed by atoms with E-state index in [1.807, 2.05) is 32.0 Å². The number of esters is 2. The third-order valence-corrected chi connectivity index (χ3v) is 5.65. The highest BCUT2D eigenvalue weighted by Crippen LogP contribution is 2.31. The minimum atomic E-state index is -0.976. The van der Waals surface area contributed by atoms with Crippen molar-refractivity contribution in [3.63, 3.8) is 0 Å². The SMILES string of the molecule is COc1ccc([C@H](C)[C@H](C)OC(=O)[C@H](C)NC(=O)c2nccc(OC)c2OC(=O)C(C)C)c(C)c1. The molecular formula is C26H34N2O7. The Bertz CT molecular complexity index is 1070. The lowest BCUT2D eigenvalue weighted by molar-refractivity contribution is -0.151. The van der Waals surface area contributed by atoms with Crippen molar-refractivity contribution in [3.8, 4) is 17.2 Å². The van der Waals surface area contributed by atoms with E-state index in [0.717, 1.165) is 16.9 Å². The van der Waals surface area contributed by atoms with E-state index < -0.39 is 35.9 Å². The van der Waals surface area contributed by atoms with Crippen LogP contribution >= 0.6 is 0 Å². The lowest BCUT2D eigenvalue weighted by atomic mass is 9.92. The molecule has 0 radical (unpaired) electrons. The Hall–Kier alpha value is -3.62. The minimum Gasteiger partial charge on any atom is -0.497 e. The first kappa shape index (κ1) is 27.6. The number of ether oxygens (including phenoxy) is 4. The largest absolute Gasteiger partial charge is 0.497 e. The van der Waals surface area contributed by atoms with Gasteiger partial charge in [-0.05, 0) is 44.0 Å². The van der Waals surface area contributed by atoms with E-state index in [1.165, 1.54) is 26.3 Å². The van der Waals surface area contributed by atoms with Gasteiger partial charge in [-0.15, -0.1) is 0 Å². The zero-order valence-electron chi connectivity index (χ0n) is 21.5. The number of rotatable bonds is 10. The summed E-state index contributed by atoms with van der Waals surface area (Å²) in [5, 5.41) is 2.56. The molecule has 0 fully saturated rings. The monoisotopic (exact) mass is 486 g/mol. The highest BCUT2D eigenvalue weighted by Gasteiger charge is 2.28. The molecule has 0 aliphatic heterocycles. The molecule has 0 aliphatic rings. The Balaban J connectivity index is 2.11. The molecule has 35 heavy (non-hydrogen) atoms. The Morgan fingerprint density at radius 2 is 1.63 bits per heavy atom. The molecule has 3 atom stereocenters. The van der Waals surface area contributed by atoms with Gasteiger partial charge in [0.1, 0.15) is 17.9 Å². The van der Waals surface area contributed by atoms with Gasteiger partial charge >= 0.3 is 11.9 Å². The van der Waals surface area contributed by atoms with Gasteiger partial charge in [-0.1, -0.05) is 26.8 Å². The number of hydrogen-bond acceptors (Lipinski definition) is 8. The number of methoxy groups -OCH3 is 2. The second-order valence-corrected chi connectivity index (χ2v) is 8.62. The van der Waals surface area contributed by atoms with Crippen LogP contribution in [0.15, 0.2) is 30.5 Å². The number of aromatic nitrogens is 1. The van der Waals surface area contributed by atoms with Crippen LogP contribution in [0.25, 0.3) is 0 Å². The lowest BCUT2D eigenvalue weighted by Crippen LogP contribution is -2.41. The number of nitrogens with one attached hydrogen (secondary N) is 1. The fourth-order valence-electron chi connectivity index (χ4n) is 3.32. The van der Waals surface area contributed by atoms with Gasteiger partial charge in [0.05, 0.1) is 20.1 Å². The zero-order valence-corrected chi connectivity index (χ0v) is 21.5. The third kappa shape index (κ3) is 6.94. The van der Waals surface area contributed by atoms with Crippen LogP contribution in [0.1, 0.15) is 62.2 Å². The summed E-state index contributed by atoms with van der Waals surface area (Å²) < 4.78 is 21.5. The van der Waals surface area contributed by atoms with Crippen LogP contribution < -0.4 is 19.5 Å². The van der Waals surface area contributed by atoms with E-state index in [1.54, 1.807) is 27.9 Å². The smallest absolute Gasteiger partial charge is 0.328 e. The van der Waals surface area contributed by atoms with Gasteiger partial charge in [0.2, 0.25) is 5.75 Å². The number of carbonyl (C=O) groups is 3. The number of carbonyl (C=O) groups excluding carboxylic acids is 3. The van der Waals surface area contributed by atoms with Gasteiger partial charge in [-0.3, -0.25) is 9.59 Å². The molecule has 1 N–H and O–H groups in total. The summed E-state index contributed by atoms with van der Waals surface area (Å²) in [6.07, 6.45) is 0.899. The average Bonchev–Trinajstić information content (AvgIpc) is 2.83. The molecule has 2 aromatic rings. The van der Waals surface area contributed by atoms with E-state index in [0.29, 0.717) is 0 Å². The Morgan fingerprint density at radius 1 is 0.943 bits per heavy atom. The van der Waals surface area contributed by atoms with Crippen LogP contribution in [-0.2, 0) is 14.3 Å². The Kier molecular flexibility index (Phi) is 9.62. The molecule has 1 aromatic heterocycles. The van der Waals surface area contributed by atoms with Crippen LogP contribution in [0.4, 0.5) is 0 Å². The fraction of sp³-hybridized carbons (Fsp3) is 0.462. The van der Waals surface area contributed by atoms with Crippen molar-refractivity contribution in [2.24, 2.45) is 5.92 Å². The zero-order chi connectivity index (χ0) is 26.3. The molecule has 1 aromatic carbocycles. The summed E-state index contributed by atoms with van der Waals surface area (Å²) in [5.74, 6) is -1.55. The van der Waals surface area contributed by atoms with Crippen molar-refractivity contribution in [2.75, 3.05) is 14.2 Å².